The SMILES string of the molecule is CCCNC1CSCC1CCCC(C)C. The summed E-state index contributed by atoms with van der Waals surface area (Å²) < 4.78 is 0. The highest BCUT2D eigenvalue weighted by Gasteiger charge is 2.26. The fraction of sp³-hybridized carbons (Fsp3) is 1.00. The lowest BCUT2D eigenvalue weighted by Gasteiger charge is -2.20. The first-order valence-corrected chi connectivity index (χ1v) is 7.70. The summed E-state index contributed by atoms with van der Waals surface area (Å²) in [4.78, 5) is 0. The van der Waals surface area contributed by atoms with Crippen molar-refractivity contribution in [3.8, 4) is 0 Å². The van der Waals surface area contributed by atoms with E-state index in [-0.39, 0.29) is 0 Å². The van der Waals surface area contributed by atoms with Crippen LogP contribution in [0.2, 0.25) is 0 Å². The molecule has 0 bridgehead atoms. The van der Waals surface area contributed by atoms with Crippen LogP contribution in [0, 0.1) is 11.8 Å². The Balaban J connectivity index is 2.15. The van der Waals surface area contributed by atoms with Crippen molar-refractivity contribution in [3.63, 3.8) is 0 Å². The van der Waals surface area contributed by atoms with Gasteiger partial charge in [0.15, 0.2) is 0 Å². The highest BCUT2D eigenvalue weighted by Crippen LogP contribution is 2.28. The minimum absolute atomic E-state index is 0.808. The Morgan fingerprint density at radius 2 is 2.13 bits per heavy atom. The predicted octanol–water partition coefficient (Wildman–Crippen LogP) is 3.54. The van der Waals surface area contributed by atoms with Gasteiger partial charge < -0.3 is 5.32 Å². The zero-order valence-corrected chi connectivity index (χ0v) is 11.4. The average Bonchev–Trinajstić information content (AvgIpc) is 2.62. The quantitative estimate of drug-likeness (QED) is 0.716. The van der Waals surface area contributed by atoms with E-state index in [9.17, 15) is 0 Å². The minimum atomic E-state index is 0.808. The molecule has 0 aromatic carbocycles. The van der Waals surface area contributed by atoms with Crippen LogP contribution in [-0.2, 0) is 0 Å². The van der Waals surface area contributed by atoms with Crippen LogP contribution in [0.15, 0.2) is 0 Å². The summed E-state index contributed by atoms with van der Waals surface area (Å²) in [5.41, 5.74) is 0. The van der Waals surface area contributed by atoms with Gasteiger partial charge in [-0.15, -0.1) is 0 Å². The topological polar surface area (TPSA) is 12.0 Å². The van der Waals surface area contributed by atoms with Gasteiger partial charge >= 0.3 is 0 Å². The minimum Gasteiger partial charge on any atom is -0.313 e. The molecule has 0 radical (unpaired) electrons. The normalized spacial score (nSPS) is 26.4. The van der Waals surface area contributed by atoms with E-state index in [1.807, 2.05) is 0 Å². The summed E-state index contributed by atoms with van der Waals surface area (Å²) in [6, 6.07) is 0.808. The smallest absolute Gasteiger partial charge is 0.0194 e. The molecule has 2 unspecified atom stereocenters. The van der Waals surface area contributed by atoms with Crippen molar-refractivity contribution in [2.24, 2.45) is 11.8 Å². The fourth-order valence-electron chi connectivity index (χ4n) is 2.23. The van der Waals surface area contributed by atoms with Crippen LogP contribution in [0.1, 0.15) is 46.5 Å². The molecule has 0 spiro atoms. The van der Waals surface area contributed by atoms with Gasteiger partial charge in [0.2, 0.25) is 0 Å². The van der Waals surface area contributed by atoms with Crippen LogP contribution in [0.4, 0.5) is 0 Å². The molecule has 0 saturated carbocycles. The average molecular weight is 229 g/mol. The third-order valence-electron chi connectivity index (χ3n) is 3.21. The molecule has 1 fully saturated rings. The zero-order valence-electron chi connectivity index (χ0n) is 10.6. The maximum Gasteiger partial charge on any atom is 0.0194 e. The standard InChI is InChI=1S/C13H27NS/c1-4-8-14-13-10-15-9-12(13)7-5-6-11(2)3/h11-14H,4-10H2,1-3H3. The molecule has 1 aliphatic rings. The van der Waals surface area contributed by atoms with Gasteiger partial charge in [0.1, 0.15) is 0 Å². The van der Waals surface area contributed by atoms with Crippen molar-refractivity contribution >= 4 is 11.8 Å². The fourth-order valence-corrected chi connectivity index (χ4v) is 3.71. The van der Waals surface area contributed by atoms with Gasteiger partial charge in [-0.25, -0.2) is 0 Å². The molecule has 0 aliphatic carbocycles. The summed E-state index contributed by atoms with van der Waals surface area (Å²) in [7, 11) is 0. The second-order valence-corrected chi connectivity index (χ2v) is 6.26. The van der Waals surface area contributed by atoms with E-state index in [0.29, 0.717) is 0 Å². The molecule has 0 aromatic rings. The summed E-state index contributed by atoms with van der Waals surface area (Å²) >= 11 is 2.14. The van der Waals surface area contributed by atoms with Crippen molar-refractivity contribution in [3.05, 3.63) is 0 Å². The van der Waals surface area contributed by atoms with E-state index >= 15 is 0 Å². The number of thioether (sulfide) groups is 1. The molecule has 1 nitrogen and oxygen atoms in total. The Bertz CT molecular complexity index is 159. The second-order valence-electron chi connectivity index (χ2n) is 5.18. The third-order valence-corrected chi connectivity index (χ3v) is 4.47. The molecule has 90 valence electrons. The zero-order chi connectivity index (χ0) is 11.1. The van der Waals surface area contributed by atoms with Crippen molar-refractivity contribution in [2.75, 3.05) is 18.1 Å². The van der Waals surface area contributed by atoms with Crippen LogP contribution in [-0.4, -0.2) is 24.1 Å². The van der Waals surface area contributed by atoms with Crippen molar-refractivity contribution in [1.82, 2.24) is 5.32 Å². The molecule has 1 saturated heterocycles. The predicted molar refractivity (Wildman–Crippen MR) is 71.6 cm³/mol. The molecule has 0 amide bonds. The molecule has 1 aliphatic heterocycles. The van der Waals surface area contributed by atoms with Gasteiger partial charge in [0, 0.05) is 11.8 Å². The van der Waals surface area contributed by atoms with Crippen LogP contribution in [0.5, 0.6) is 0 Å². The molecule has 1 N–H and O–H groups in total. The molecule has 2 atom stereocenters. The highest BCUT2D eigenvalue weighted by molar-refractivity contribution is 7.99. The van der Waals surface area contributed by atoms with E-state index in [1.54, 1.807) is 0 Å². The lowest BCUT2D eigenvalue weighted by molar-refractivity contribution is 0.380. The van der Waals surface area contributed by atoms with Gasteiger partial charge in [0.25, 0.3) is 0 Å². The summed E-state index contributed by atoms with van der Waals surface area (Å²) in [6.45, 7) is 8.11. The Kier molecular flexibility index (Phi) is 6.74. The third kappa shape index (κ3) is 5.26. The van der Waals surface area contributed by atoms with Crippen molar-refractivity contribution < 1.29 is 0 Å². The Morgan fingerprint density at radius 1 is 1.33 bits per heavy atom. The van der Waals surface area contributed by atoms with Gasteiger partial charge in [-0.3, -0.25) is 0 Å². The van der Waals surface area contributed by atoms with Gasteiger partial charge in [-0.2, -0.15) is 11.8 Å². The lowest BCUT2D eigenvalue weighted by atomic mass is 9.94. The molecule has 1 heterocycles. The Morgan fingerprint density at radius 3 is 2.80 bits per heavy atom. The number of hydrogen-bond acceptors (Lipinski definition) is 2. The molecule has 1 rings (SSSR count). The van der Waals surface area contributed by atoms with E-state index in [0.717, 1.165) is 17.9 Å². The molecule has 0 aromatic heterocycles. The first-order chi connectivity index (χ1) is 7.24. The largest absolute Gasteiger partial charge is 0.313 e. The van der Waals surface area contributed by atoms with Crippen LogP contribution in [0.3, 0.4) is 0 Å². The number of nitrogens with one attached hydrogen (secondary N) is 1. The van der Waals surface area contributed by atoms with E-state index < -0.39 is 0 Å². The van der Waals surface area contributed by atoms with Gasteiger partial charge in [-0.05, 0) is 37.0 Å². The molecular weight excluding hydrogens is 202 g/mol. The summed E-state index contributed by atoms with van der Waals surface area (Å²) in [5.74, 6) is 4.55. The molecular formula is C13H27NS. The molecule has 15 heavy (non-hydrogen) atoms. The Labute approximate surface area is 99.8 Å². The number of hydrogen-bond donors (Lipinski definition) is 1. The summed E-state index contributed by atoms with van der Waals surface area (Å²) in [6.07, 6.45) is 5.53. The van der Waals surface area contributed by atoms with Crippen molar-refractivity contribution in [2.45, 2.75) is 52.5 Å². The lowest BCUT2D eigenvalue weighted by Crippen LogP contribution is -2.35. The van der Waals surface area contributed by atoms with E-state index in [1.165, 1.54) is 43.7 Å². The van der Waals surface area contributed by atoms with E-state index in [2.05, 4.69) is 37.8 Å². The van der Waals surface area contributed by atoms with E-state index in [4.69, 9.17) is 0 Å². The monoisotopic (exact) mass is 229 g/mol. The molecule has 2 heteroatoms. The second kappa shape index (κ2) is 7.56. The van der Waals surface area contributed by atoms with Crippen LogP contribution in [0.25, 0.3) is 0 Å². The van der Waals surface area contributed by atoms with Crippen LogP contribution < -0.4 is 5.32 Å². The van der Waals surface area contributed by atoms with Gasteiger partial charge in [-0.1, -0.05) is 33.6 Å². The van der Waals surface area contributed by atoms with Crippen LogP contribution >= 0.6 is 11.8 Å². The maximum absolute atomic E-state index is 3.70. The highest BCUT2D eigenvalue weighted by atomic mass is 32.2. The first kappa shape index (κ1) is 13.4. The van der Waals surface area contributed by atoms with Gasteiger partial charge in [0.05, 0.1) is 0 Å². The van der Waals surface area contributed by atoms with Crippen molar-refractivity contribution in [1.29, 1.82) is 0 Å². The number of rotatable bonds is 7. The summed E-state index contributed by atoms with van der Waals surface area (Å²) in [5, 5.41) is 3.70. The first-order valence-electron chi connectivity index (χ1n) is 6.55. The Hall–Kier alpha value is 0.310. The maximum atomic E-state index is 3.70.